The lowest BCUT2D eigenvalue weighted by Gasteiger charge is -2.59. The van der Waals surface area contributed by atoms with Crippen LogP contribution in [0.1, 0.15) is 83.5 Å². The molecule has 7 fully saturated rings. The van der Waals surface area contributed by atoms with E-state index in [1.165, 1.54) is 64.2 Å². The molecule has 0 aromatic rings. The van der Waals surface area contributed by atoms with Crippen molar-refractivity contribution in [2.75, 3.05) is 0 Å². The molecule has 0 radical (unpaired) electrons. The maximum atomic E-state index is 11.8. The first-order valence-corrected chi connectivity index (χ1v) is 15.3. The van der Waals surface area contributed by atoms with Crippen molar-refractivity contribution in [2.45, 2.75) is 138 Å². The Morgan fingerprint density at radius 2 is 1.14 bits per heavy atom. The standard InChI is InChI=1S/C28H48N6O2/c29-22-3-1-2-19(30-22)20-10-8-14-4-6-16-12-18-13-17-7-5-15-9-11-21(28(35)36)32-24(15)26(17)34-27(18)33-25(16)23(14)31-20/h14-27,30-34H,1-13,29H2,(H,35,36). The van der Waals surface area contributed by atoms with Crippen LogP contribution in [-0.2, 0) is 4.79 Å². The van der Waals surface area contributed by atoms with Crippen LogP contribution in [0.3, 0.4) is 0 Å². The van der Waals surface area contributed by atoms with Crippen LogP contribution >= 0.6 is 0 Å². The van der Waals surface area contributed by atoms with Gasteiger partial charge < -0.3 is 16.2 Å². The van der Waals surface area contributed by atoms with Crippen LogP contribution in [0.15, 0.2) is 0 Å². The molecule has 2 aliphatic carbocycles. The van der Waals surface area contributed by atoms with Gasteiger partial charge in [0.2, 0.25) is 0 Å². The van der Waals surface area contributed by atoms with Gasteiger partial charge in [0.15, 0.2) is 0 Å². The first-order valence-electron chi connectivity index (χ1n) is 15.3. The number of hydrogen-bond donors (Lipinski definition) is 7. The smallest absolute Gasteiger partial charge is 0.320 e. The number of carboxylic acid groups (broad SMARTS) is 1. The van der Waals surface area contributed by atoms with E-state index in [0.29, 0.717) is 60.2 Å². The summed E-state index contributed by atoms with van der Waals surface area (Å²) in [5, 5.41) is 29.4. The molecule has 0 bridgehead atoms. The van der Waals surface area contributed by atoms with Gasteiger partial charge >= 0.3 is 5.97 Å². The molecule has 14 atom stereocenters. The quantitative estimate of drug-likeness (QED) is 0.304. The topological polar surface area (TPSA) is 123 Å². The van der Waals surface area contributed by atoms with Crippen LogP contribution < -0.4 is 32.3 Å². The molecule has 0 aromatic carbocycles. The maximum Gasteiger partial charge on any atom is 0.320 e. The second-order valence-electron chi connectivity index (χ2n) is 13.6. The zero-order chi connectivity index (χ0) is 24.4. The van der Waals surface area contributed by atoms with E-state index in [1.54, 1.807) is 0 Å². The Morgan fingerprint density at radius 1 is 0.583 bits per heavy atom. The lowest BCUT2D eigenvalue weighted by Crippen LogP contribution is -2.75. The average Bonchev–Trinajstić information content (AvgIpc) is 2.90. The summed E-state index contributed by atoms with van der Waals surface area (Å²) in [6, 6.07) is 2.48. The van der Waals surface area contributed by atoms with Crippen molar-refractivity contribution < 1.29 is 9.90 Å². The van der Waals surface area contributed by atoms with Crippen molar-refractivity contribution in [2.24, 2.45) is 35.3 Å². The number of hydrogen-bond acceptors (Lipinski definition) is 7. The molecule has 5 saturated heterocycles. The Labute approximate surface area is 216 Å². The highest BCUT2D eigenvalue weighted by molar-refractivity contribution is 5.73. The first kappa shape index (κ1) is 24.3. The van der Waals surface area contributed by atoms with Crippen LogP contribution in [0.4, 0.5) is 0 Å². The predicted octanol–water partition coefficient (Wildman–Crippen LogP) is 1.46. The molecule has 7 aliphatic rings. The van der Waals surface area contributed by atoms with Crippen LogP contribution in [0.2, 0.25) is 0 Å². The third-order valence-corrected chi connectivity index (χ3v) is 11.8. The predicted molar refractivity (Wildman–Crippen MR) is 139 cm³/mol. The van der Waals surface area contributed by atoms with E-state index in [-0.39, 0.29) is 12.2 Å². The summed E-state index contributed by atoms with van der Waals surface area (Å²) >= 11 is 0. The highest BCUT2D eigenvalue weighted by Crippen LogP contribution is 2.47. The van der Waals surface area contributed by atoms with E-state index >= 15 is 0 Å². The Hall–Kier alpha value is -0.770. The first-order chi connectivity index (χ1) is 17.5. The molecular formula is C28H48N6O2. The summed E-state index contributed by atoms with van der Waals surface area (Å²) in [6.07, 6.45) is 16.5. The molecule has 8 nitrogen and oxygen atoms in total. The number of aliphatic carboxylic acids is 1. The van der Waals surface area contributed by atoms with Crippen LogP contribution in [-0.4, -0.2) is 65.7 Å². The molecule has 7 rings (SSSR count). The second kappa shape index (κ2) is 9.76. The van der Waals surface area contributed by atoms with Crippen molar-refractivity contribution in [1.82, 2.24) is 26.6 Å². The van der Waals surface area contributed by atoms with Gasteiger partial charge in [-0.2, -0.15) is 0 Å². The van der Waals surface area contributed by atoms with Crippen molar-refractivity contribution in [1.29, 1.82) is 0 Å². The Kier molecular flexibility index (Phi) is 6.58. The van der Waals surface area contributed by atoms with Gasteiger partial charge in [-0.15, -0.1) is 0 Å². The highest BCUT2D eigenvalue weighted by Gasteiger charge is 2.53. The minimum atomic E-state index is -0.678. The summed E-state index contributed by atoms with van der Waals surface area (Å²) in [6.45, 7) is 0. The zero-order valence-corrected chi connectivity index (χ0v) is 21.7. The van der Waals surface area contributed by atoms with E-state index in [4.69, 9.17) is 5.73 Å². The lowest BCUT2D eigenvalue weighted by atomic mass is 9.61. The second-order valence-corrected chi connectivity index (χ2v) is 13.6. The van der Waals surface area contributed by atoms with Gasteiger partial charge in [0.05, 0.1) is 12.3 Å². The minimum Gasteiger partial charge on any atom is -0.480 e. The summed E-state index contributed by atoms with van der Waals surface area (Å²) in [7, 11) is 0. The number of piperidine rings is 5. The van der Waals surface area contributed by atoms with Crippen molar-refractivity contribution in [3.05, 3.63) is 0 Å². The Balaban J connectivity index is 1.05. The fourth-order valence-electron chi connectivity index (χ4n) is 10.0. The summed E-state index contributed by atoms with van der Waals surface area (Å²) in [4.78, 5) is 11.8. The number of rotatable bonds is 2. The van der Waals surface area contributed by atoms with Gasteiger partial charge in [0, 0.05) is 36.3 Å². The van der Waals surface area contributed by atoms with E-state index < -0.39 is 5.97 Å². The normalized spacial score (nSPS) is 54.7. The number of nitrogens with two attached hydrogens (primary N) is 1. The summed E-state index contributed by atoms with van der Waals surface area (Å²) in [5.74, 6) is 2.89. The number of carboxylic acids is 1. The molecule has 0 aromatic heterocycles. The third kappa shape index (κ3) is 4.34. The molecule has 8 N–H and O–H groups in total. The van der Waals surface area contributed by atoms with E-state index in [9.17, 15) is 9.90 Å². The van der Waals surface area contributed by atoms with Crippen molar-refractivity contribution >= 4 is 5.97 Å². The largest absolute Gasteiger partial charge is 0.480 e. The van der Waals surface area contributed by atoms with E-state index in [0.717, 1.165) is 31.1 Å². The van der Waals surface area contributed by atoms with Crippen LogP contribution in [0.5, 0.6) is 0 Å². The molecular weight excluding hydrogens is 452 g/mol. The molecule has 5 heterocycles. The molecule has 202 valence electrons. The highest BCUT2D eigenvalue weighted by atomic mass is 16.4. The third-order valence-electron chi connectivity index (χ3n) is 11.8. The van der Waals surface area contributed by atoms with Gasteiger partial charge in [-0.25, -0.2) is 0 Å². The SMILES string of the molecule is NC1CCCC(C2CCC3CCC4CC5CC6CCC7CCC(C(=O)O)NC7C6NC5NC4C3N2)N1. The summed E-state index contributed by atoms with van der Waals surface area (Å²) < 4.78 is 0. The van der Waals surface area contributed by atoms with E-state index in [2.05, 4.69) is 26.6 Å². The average molecular weight is 501 g/mol. The molecule has 36 heavy (non-hydrogen) atoms. The van der Waals surface area contributed by atoms with Crippen molar-refractivity contribution in [3.8, 4) is 0 Å². The fourth-order valence-corrected chi connectivity index (χ4v) is 10.0. The molecule has 14 unspecified atom stereocenters. The Bertz CT molecular complexity index is 828. The van der Waals surface area contributed by atoms with Gasteiger partial charge in [-0.3, -0.25) is 26.1 Å². The molecule has 5 aliphatic heterocycles. The zero-order valence-electron chi connectivity index (χ0n) is 21.7. The fraction of sp³-hybridized carbons (Fsp3) is 0.964. The molecule has 8 heteroatoms. The summed E-state index contributed by atoms with van der Waals surface area (Å²) in [5.41, 5.74) is 6.27. The molecule has 0 amide bonds. The molecule has 2 saturated carbocycles. The number of carbonyl (C=O) groups is 1. The lowest BCUT2D eigenvalue weighted by molar-refractivity contribution is -0.141. The number of nitrogens with one attached hydrogen (secondary N) is 5. The monoisotopic (exact) mass is 500 g/mol. The van der Waals surface area contributed by atoms with Gasteiger partial charge in [-0.1, -0.05) is 0 Å². The van der Waals surface area contributed by atoms with E-state index in [1.807, 2.05) is 0 Å². The van der Waals surface area contributed by atoms with Gasteiger partial charge in [-0.05, 0) is 113 Å². The van der Waals surface area contributed by atoms with Gasteiger partial charge in [0.1, 0.15) is 6.04 Å². The van der Waals surface area contributed by atoms with Gasteiger partial charge in [0.25, 0.3) is 0 Å². The number of fused-ring (bicyclic) bond motifs is 7. The molecule has 0 spiro atoms. The van der Waals surface area contributed by atoms with Crippen molar-refractivity contribution in [3.63, 3.8) is 0 Å². The maximum absolute atomic E-state index is 11.8. The Morgan fingerprint density at radius 3 is 1.81 bits per heavy atom. The van der Waals surface area contributed by atoms with Crippen LogP contribution in [0.25, 0.3) is 0 Å². The minimum absolute atomic E-state index is 0.156. The van der Waals surface area contributed by atoms with Crippen LogP contribution in [0, 0.1) is 29.6 Å².